The molecule has 1 saturated carbocycles. The number of carbonyl (C=O) groups is 2. The minimum Gasteiger partial charge on any atom is -0.350 e. The molecule has 2 aromatic carbocycles. The smallest absolute Gasteiger partial charge is 0.247 e. The van der Waals surface area contributed by atoms with Gasteiger partial charge in [0.05, 0.1) is 4.90 Å². The Morgan fingerprint density at radius 1 is 1.10 bits per heavy atom. The van der Waals surface area contributed by atoms with Crippen LogP contribution in [-0.4, -0.2) is 37.2 Å². The average molecular weight is 442 g/mol. The van der Waals surface area contributed by atoms with Crippen molar-refractivity contribution in [3.63, 3.8) is 0 Å². The molecule has 2 aliphatic rings. The van der Waals surface area contributed by atoms with Crippen molar-refractivity contribution in [1.29, 1.82) is 0 Å². The normalized spacial score (nSPS) is 23.1. The maximum absolute atomic E-state index is 13.5. The van der Waals surface area contributed by atoms with Crippen molar-refractivity contribution < 1.29 is 18.0 Å². The number of carbonyl (C=O) groups excluding carboxylic acids is 2. The molecule has 2 N–H and O–H groups in total. The molecular formula is C23H27N3O4S. The molecule has 4 rings (SSSR count). The molecule has 0 bridgehead atoms. The van der Waals surface area contributed by atoms with E-state index >= 15 is 0 Å². The van der Waals surface area contributed by atoms with Gasteiger partial charge in [-0.05, 0) is 30.4 Å². The molecule has 0 spiro atoms. The first-order valence-electron chi connectivity index (χ1n) is 10.5. The number of sulfonamides is 1. The maximum atomic E-state index is 13.5. The molecule has 164 valence electrons. The van der Waals surface area contributed by atoms with Gasteiger partial charge in [0.25, 0.3) is 0 Å². The third-order valence-electron chi connectivity index (χ3n) is 5.75. The third-order valence-corrected chi connectivity index (χ3v) is 7.26. The minimum absolute atomic E-state index is 0.0404. The van der Waals surface area contributed by atoms with E-state index in [1.807, 2.05) is 30.3 Å². The Morgan fingerprint density at radius 2 is 1.74 bits per heavy atom. The van der Waals surface area contributed by atoms with Crippen LogP contribution in [0.15, 0.2) is 59.5 Å². The van der Waals surface area contributed by atoms with Gasteiger partial charge in [0.15, 0.2) is 0 Å². The predicted octanol–water partition coefficient (Wildman–Crippen LogP) is 2.35. The van der Waals surface area contributed by atoms with Gasteiger partial charge in [-0.2, -0.15) is 4.72 Å². The van der Waals surface area contributed by atoms with Crippen LogP contribution in [0.3, 0.4) is 0 Å². The second-order valence-corrected chi connectivity index (χ2v) is 10.1. The lowest BCUT2D eigenvalue weighted by Crippen LogP contribution is -2.56. The van der Waals surface area contributed by atoms with Gasteiger partial charge in [0, 0.05) is 18.2 Å². The van der Waals surface area contributed by atoms with Crippen molar-refractivity contribution in [3.05, 3.63) is 65.7 Å². The van der Waals surface area contributed by atoms with Crippen molar-refractivity contribution >= 4 is 21.8 Å². The number of hydrogen-bond donors (Lipinski definition) is 2. The Morgan fingerprint density at radius 3 is 2.39 bits per heavy atom. The fraction of sp³-hybridized carbons (Fsp3) is 0.391. The summed E-state index contributed by atoms with van der Waals surface area (Å²) in [6.45, 7) is 3.89. The highest BCUT2D eigenvalue weighted by atomic mass is 32.2. The first-order valence-corrected chi connectivity index (χ1v) is 12.0. The Balaban J connectivity index is 1.79. The van der Waals surface area contributed by atoms with Crippen molar-refractivity contribution in [2.45, 2.75) is 56.3 Å². The molecule has 0 aromatic heterocycles. The van der Waals surface area contributed by atoms with Crippen LogP contribution in [0, 0.1) is 5.92 Å². The molecule has 7 nitrogen and oxygen atoms in total. The first kappa shape index (κ1) is 21.5. The van der Waals surface area contributed by atoms with Gasteiger partial charge in [-0.3, -0.25) is 9.59 Å². The van der Waals surface area contributed by atoms with Crippen LogP contribution in [0.4, 0.5) is 0 Å². The van der Waals surface area contributed by atoms with Gasteiger partial charge in [-0.15, -0.1) is 0 Å². The average Bonchev–Trinajstić information content (AvgIpc) is 3.58. The Kier molecular flexibility index (Phi) is 5.85. The molecule has 1 fully saturated rings. The van der Waals surface area contributed by atoms with Crippen LogP contribution in [-0.2, 0) is 26.2 Å². The fourth-order valence-corrected chi connectivity index (χ4v) is 5.57. The van der Waals surface area contributed by atoms with Gasteiger partial charge < -0.3 is 10.2 Å². The largest absolute Gasteiger partial charge is 0.350 e. The van der Waals surface area contributed by atoms with Crippen LogP contribution in [0.1, 0.15) is 43.9 Å². The number of nitrogens with zero attached hydrogens (tertiary/aromatic N) is 1. The molecule has 1 aliphatic carbocycles. The standard InChI is InChI=1S/C23H27N3O4S/c1-15(2)20-23(28)26(17-12-13-17)21(22(27)24-14-16-8-4-3-5-9-16)18-10-6-7-11-19(18)31(29,30)25-20/h3-11,15,17,20-21,25H,12-14H2,1-2H3,(H,24,27). The van der Waals surface area contributed by atoms with Crippen molar-refractivity contribution in [2.75, 3.05) is 0 Å². The summed E-state index contributed by atoms with van der Waals surface area (Å²) < 4.78 is 28.8. The Hall–Kier alpha value is -2.71. The zero-order chi connectivity index (χ0) is 22.2. The molecule has 2 atom stereocenters. The van der Waals surface area contributed by atoms with E-state index in [1.54, 1.807) is 36.9 Å². The number of fused-ring (bicyclic) bond motifs is 1. The van der Waals surface area contributed by atoms with Gasteiger partial charge in [-0.25, -0.2) is 8.42 Å². The van der Waals surface area contributed by atoms with Crippen LogP contribution in [0.25, 0.3) is 0 Å². The summed E-state index contributed by atoms with van der Waals surface area (Å²) in [5.74, 6) is -0.992. The second-order valence-electron chi connectivity index (χ2n) is 8.46. The molecular weight excluding hydrogens is 414 g/mol. The highest BCUT2D eigenvalue weighted by Gasteiger charge is 2.47. The molecule has 1 heterocycles. The van der Waals surface area contributed by atoms with E-state index in [-0.39, 0.29) is 28.7 Å². The summed E-state index contributed by atoms with van der Waals surface area (Å²) in [5.41, 5.74) is 1.25. The number of benzene rings is 2. The molecule has 2 unspecified atom stereocenters. The zero-order valence-corrected chi connectivity index (χ0v) is 18.4. The lowest BCUT2D eigenvalue weighted by atomic mass is 9.99. The van der Waals surface area contributed by atoms with Gasteiger partial charge in [0.1, 0.15) is 12.1 Å². The highest BCUT2D eigenvalue weighted by Crippen LogP contribution is 2.39. The fourth-order valence-electron chi connectivity index (χ4n) is 3.98. The maximum Gasteiger partial charge on any atom is 0.247 e. The summed E-state index contributed by atoms with van der Waals surface area (Å²) in [7, 11) is -3.97. The molecule has 8 heteroatoms. The van der Waals surface area contributed by atoms with Gasteiger partial charge in [-0.1, -0.05) is 62.4 Å². The van der Waals surface area contributed by atoms with Crippen molar-refractivity contribution in [2.24, 2.45) is 5.92 Å². The Labute approximate surface area is 182 Å². The molecule has 31 heavy (non-hydrogen) atoms. The number of hydrogen-bond acceptors (Lipinski definition) is 4. The van der Waals surface area contributed by atoms with Gasteiger partial charge >= 0.3 is 0 Å². The summed E-state index contributed by atoms with van der Waals surface area (Å²) in [5, 5.41) is 2.91. The van der Waals surface area contributed by atoms with E-state index in [0.29, 0.717) is 12.1 Å². The molecule has 1 aliphatic heterocycles. The minimum atomic E-state index is -3.97. The monoisotopic (exact) mass is 441 g/mol. The SMILES string of the molecule is CC(C)C1NS(=O)(=O)c2ccccc2C(C(=O)NCc2ccccc2)N(C2CC2)C1=O. The topological polar surface area (TPSA) is 95.6 Å². The third kappa shape index (κ3) is 4.36. The summed E-state index contributed by atoms with van der Waals surface area (Å²) in [6, 6.07) is 13.9. The highest BCUT2D eigenvalue weighted by molar-refractivity contribution is 7.89. The molecule has 0 radical (unpaired) electrons. The van der Waals surface area contributed by atoms with Crippen molar-refractivity contribution in [1.82, 2.24) is 14.9 Å². The summed E-state index contributed by atoms with van der Waals surface area (Å²) in [6.07, 6.45) is 1.60. The second kappa shape index (κ2) is 8.43. The van der Waals surface area contributed by atoms with Crippen LogP contribution >= 0.6 is 0 Å². The Bertz CT molecular complexity index is 1080. The number of nitrogens with one attached hydrogen (secondary N) is 2. The summed E-state index contributed by atoms with van der Waals surface area (Å²) in [4.78, 5) is 28.6. The van der Waals surface area contributed by atoms with Crippen LogP contribution in [0.2, 0.25) is 0 Å². The quantitative estimate of drug-likeness (QED) is 0.745. The number of rotatable bonds is 5. The van der Waals surface area contributed by atoms with E-state index in [2.05, 4.69) is 10.0 Å². The predicted molar refractivity (Wildman–Crippen MR) is 116 cm³/mol. The lowest BCUT2D eigenvalue weighted by Gasteiger charge is -2.38. The van der Waals surface area contributed by atoms with Crippen molar-refractivity contribution in [3.8, 4) is 0 Å². The molecule has 2 aromatic rings. The van der Waals surface area contributed by atoms with E-state index in [0.717, 1.165) is 18.4 Å². The lowest BCUT2D eigenvalue weighted by molar-refractivity contribution is -0.144. The van der Waals surface area contributed by atoms with E-state index < -0.39 is 22.1 Å². The number of amides is 2. The van der Waals surface area contributed by atoms with E-state index in [1.165, 1.54) is 6.07 Å². The van der Waals surface area contributed by atoms with Gasteiger partial charge in [0.2, 0.25) is 21.8 Å². The van der Waals surface area contributed by atoms with Crippen LogP contribution in [0.5, 0.6) is 0 Å². The first-order chi connectivity index (χ1) is 14.8. The van der Waals surface area contributed by atoms with E-state index in [4.69, 9.17) is 0 Å². The van der Waals surface area contributed by atoms with E-state index in [9.17, 15) is 18.0 Å². The zero-order valence-electron chi connectivity index (χ0n) is 17.6. The summed E-state index contributed by atoms with van der Waals surface area (Å²) >= 11 is 0. The van der Waals surface area contributed by atoms with Crippen LogP contribution < -0.4 is 10.0 Å². The molecule has 0 saturated heterocycles. The molecule has 2 amide bonds.